The predicted molar refractivity (Wildman–Crippen MR) is 161 cm³/mol. The fraction of sp³-hybridized carbons (Fsp3) is 0.0938. The second-order valence-electron chi connectivity index (χ2n) is 10.1. The lowest BCUT2D eigenvalue weighted by atomic mass is 9.93. The first-order chi connectivity index (χ1) is 20.0. The Balaban J connectivity index is 1.51. The molecule has 0 unspecified atom stereocenters. The van der Waals surface area contributed by atoms with Crippen LogP contribution in [0.3, 0.4) is 0 Å². The Bertz CT molecular complexity index is 1890. The summed E-state index contributed by atoms with van der Waals surface area (Å²) in [5, 5.41) is 20.2. The molecule has 0 fully saturated rings. The van der Waals surface area contributed by atoms with Gasteiger partial charge in [0.15, 0.2) is 17.5 Å². The molecule has 7 rings (SSSR count). The Morgan fingerprint density at radius 3 is 2.44 bits per heavy atom. The van der Waals surface area contributed by atoms with Crippen molar-refractivity contribution in [3.05, 3.63) is 136 Å². The lowest BCUT2D eigenvalue weighted by Crippen LogP contribution is -2.46. The van der Waals surface area contributed by atoms with Gasteiger partial charge in [-0.25, -0.2) is 14.7 Å². The van der Waals surface area contributed by atoms with E-state index in [1.807, 2.05) is 97.4 Å². The third-order valence-electron chi connectivity index (χ3n) is 7.32. The minimum Gasteiger partial charge on any atom is -0.337 e. The number of aliphatic imine (C=N–C) groups is 2. The van der Waals surface area contributed by atoms with Gasteiger partial charge < -0.3 is 10.2 Å². The highest BCUT2D eigenvalue weighted by Gasteiger charge is 2.41. The number of nitrogens with zero attached hydrogens (tertiary/aromatic N) is 6. The molecule has 0 spiro atoms. The van der Waals surface area contributed by atoms with Crippen molar-refractivity contribution in [3.8, 4) is 5.69 Å². The predicted octanol–water partition coefficient (Wildman–Crippen LogP) is 7.19. The molecule has 0 radical (unpaired) electrons. The van der Waals surface area contributed by atoms with Crippen LogP contribution in [0, 0.1) is 24.0 Å². The van der Waals surface area contributed by atoms with Gasteiger partial charge in [-0.3, -0.25) is 10.1 Å². The van der Waals surface area contributed by atoms with Crippen molar-refractivity contribution < 1.29 is 4.92 Å². The van der Waals surface area contributed by atoms with E-state index in [-0.39, 0.29) is 10.6 Å². The topological polar surface area (TPSA) is 101 Å². The maximum atomic E-state index is 11.8. The summed E-state index contributed by atoms with van der Waals surface area (Å²) in [5.41, 5.74) is 6.95. The van der Waals surface area contributed by atoms with Gasteiger partial charge in [-0.05, 0) is 61.4 Å². The van der Waals surface area contributed by atoms with Gasteiger partial charge in [-0.15, -0.1) is 0 Å². The van der Waals surface area contributed by atoms with Crippen LogP contribution in [0.4, 0.5) is 28.6 Å². The summed E-state index contributed by atoms with van der Waals surface area (Å²) >= 11 is 0. The Morgan fingerprint density at radius 1 is 0.854 bits per heavy atom. The second-order valence-corrected chi connectivity index (χ2v) is 10.1. The first-order valence-electron chi connectivity index (χ1n) is 13.3. The Hall–Kier alpha value is -5.57. The van der Waals surface area contributed by atoms with Crippen molar-refractivity contribution in [1.82, 2.24) is 9.78 Å². The van der Waals surface area contributed by atoms with Crippen molar-refractivity contribution >= 4 is 40.2 Å². The number of hydrogen-bond donors (Lipinski definition) is 1. The highest BCUT2D eigenvalue weighted by atomic mass is 16.6. The van der Waals surface area contributed by atoms with E-state index in [2.05, 4.69) is 16.3 Å². The molecule has 200 valence electrons. The molecule has 0 amide bonds. The molecular weight excluding hydrogens is 514 g/mol. The van der Waals surface area contributed by atoms with Crippen molar-refractivity contribution in [3.63, 3.8) is 0 Å². The van der Waals surface area contributed by atoms with Crippen LogP contribution in [-0.2, 0) is 0 Å². The van der Waals surface area contributed by atoms with Crippen LogP contribution in [0.2, 0.25) is 0 Å². The number of aryl methyl sites for hydroxylation is 2. The van der Waals surface area contributed by atoms with Gasteiger partial charge in [0.05, 0.1) is 33.7 Å². The molecule has 9 heteroatoms. The fourth-order valence-corrected chi connectivity index (χ4v) is 5.53. The number of amidine groups is 2. The first kappa shape index (κ1) is 24.5. The van der Waals surface area contributed by atoms with E-state index in [9.17, 15) is 10.1 Å². The molecule has 1 aromatic heterocycles. The highest BCUT2D eigenvalue weighted by Crippen LogP contribution is 2.48. The van der Waals surface area contributed by atoms with Crippen LogP contribution in [-0.4, -0.2) is 26.4 Å². The number of nitro benzene ring substituents is 1. The van der Waals surface area contributed by atoms with Crippen LogP contribution in [0.5, 0.6) is 0 Å². The number of non-ortho nitro benzene ring substituents is 1. The number of hydrogen-bond acceptors (Lipinski definition) is 7. The number of benzene rings is 4. The fourth-order valence-electron chi connectivity index (χ4n) is 5.53. The molecule has 41 heavy (non-hydrogen) atoms. The average molecular weight is 540 g/mol. The molecule has 3 heterocycles. The summed E-state index contributed by atoms with van der Waals surface area (Å²) in [4.78, 5) is 23.8. The zero-order valence-corrected chi connectivity index (χ0v) is 22.4. The molecule has 0 bridgehead atoms. The highest BCUT2D eigenvalue weighted by molar-refractivity contribution is 6.51. The van der Waals surface area contributed by atoms with Crippen LogP contribution in [0.1, 0.15) is 28.4 Å². The number of fused-ring (bicyclic) bond motifs is 4. The molecule has 5 aromatic rings. The summed E-state index contributed by atoms with van der Waals surface area (Å²) in [5.74, 6) is 1.84. The molecule has 1 atom stereocenters. The number of rotatable bonds is 4. The van der Waals surface area contributed by atoms with Crippen LogP contribution in [0.25, 0.3) is 5.69 Å². The van der Waals surface area contributed by atoms with Gasteiger partial charge in [-0.1, -0.05) is 54.6 Å². The van der Waals surface area contributed by atoms with Crippen LogP contribution < -0.4 is 10.2 Å². The summed E-state index contributed by atoms with van der Waals surface area (Å²) in [7, 11) is 0. The molecule has 0 saturated carbocycles. The average Bonchev–Trinajstić information content (AvgIpc) is 3.32. The van der Waals surface area contributed by atoms with Crippen molar-refractivity contribution in [2.45, 2.75) is 19.9 Å². The Morgan fingerprint density at radius 2 is 1.63 bits per heavy atom. The van der Waals surface area contributed by atoms with E-state index in [1.54, 1.807) is 12.1 Å². The summed E-state index contributed by atoms with van der Waals surface area (Å²) in [6.45, 7) is 4.00. The van der Waals surface area contributed by atoms with E-state index in [0.717, 1.165) is 45.1 Å². The maximum absolute atomic E-state index is 11.8. The molecule has 1 N–H and O–H groups in total. The van der Waals surface area contributed by atoms with Gasteiger partial charge in [0.1, 0.15) is 0 Å². The third kappa shape index (κ3) is 4.15. The number of nitro groups is 1. The van der Waals surface area contributed by atoms with Gasteiger partial charge in [-0.2, -0.15) is 5.10 Å². The molecule has 0 aliphatic carbocycles. The standard InChI is InChI=1S/C32H25N7O2/c1-20-10-8-12-23(18-20)33-30-32-35-31-28(21(2)36-38(31)24-13-4-3-5-14-24)29(22-11-9-15-25(19-22)39(40)41)37(32)27-17-7-6-16-26(27)34-30/h3-19,29H,1-2H3,(H,33,34)/t29-/m1/s1. The lowest BCUT2D eigenvalue weighted by Gasteiger charge is -2.40. The van der Waals surface area contributed by atoms with Gasteiger partial charge >= 0.3 is 0 Å². The first-order valence-corrected chi connectivity index (χ1v) is 13.3. The van der Waals surface area contributed by atoms with Gasteiger partial charge in [0.2, 0.25) is 0 Å². The SMILES string of the molecule is Cc1cccc(NC2=Nc3ccccc3N3C2=Nc2c(c(C)nn2-c2ccccc2)[C@H]3c2cccc([N+](=O)[O-])c2)c1. The number of anilines is 2. The van der Waals surface area contributed by atoms with Gasteiger partial charge in [0.25, 0.3) is 5.69 Å². The molecule has 4 aromatic carbocycles. The largest absolute Gasteiger partial charge is 0.337 e. The number of para-hydroxylation sites is 3. The minimum absolute atomic E-state index is 0.0262. The summed E-state index contributed by atoms with van der Waals surface area (Å²) in [6.07, 6.45) is 0. The summed E-state index contributed by atoms with van der Waals surface area (Å²) < 4.78 is 1.84. The normalized spacial score (nSPS) is 15.3. The quantitative estimate of drug-likeness (QED) is 0.192. The van der Waals surface area contributed by atoms with E-state index in [0.29, 0.717) is 17.5 Å². The maximum Gasteiger partial charge on any atom is 0.269 e. The smallest absolute Gasteiger partial charge is 0.269 e. The Kier molecular flexibility index (Phi) is 5.71. The molecule has 2 aliphatic heterocycles. The van der Waals surface area contributed by atoms with E-state index < -0.39 is 6.04 Å². The third-order valence-corrected chi connectivity index (χ3v) is 7.32. The minimum atomic E-state index is -0.444. The second kappa shape index (κ2) is 9.56. The monoisotopic (exact) mass is 539 g/mol. The summed E-state index contributed by atoms with van der Waals surface area (Å²) in [6, 6.07) is 32.2. The van der Waals surface area contributed by atoms with E-state index in [1.165, 1.54) is 6.07 Å². The molecular formula is C32H25N7O2. The molecule has 0 saturated heterocycles. The zero-order chi connectivity index (χ0) is 28.1. The van der Waals surface area contributed by atoms with Crippen molar-refractivity contribution in [2.75, 3.05) is 10.2 Å². The number of aromatic nitrogens is 2. The van der Waals surface area contributed by atoms with Gasteiger partial charge in [0, 0.05) is 23.4 Å². The van der Waals surface area contributed by atoms with E-state index >= 15 is 0 Å². The van der Waals surface area contributed by atoms with Crippen LogP contribution >= 0.6 is 0 Å². The van der Waals surface area contributed by atoms with Crippen LogP contribution in [0.15, 0.2) is 113 Å². The van der Waals surface area contributed by atoms with Crippen molar-refractivity contribution in [2.24, 2.45) is 9.98 Å². The van der Waals surface area contributed by atoms with Crippen molar-refractivity contribution in [1.29, 1.82) is 0 Å². The van der Waals surface area contributed by atoms with E-state index in [4.69, 9.17) is 15.1 Å². The number of nitrogens with one attached hydrogen (secondary N) is 1. The lowest BCUT2D eigenvalue weighted by molar-refractivity contribution is -0.384. The molecule has 9 nitrogen and oxygen atoms in total. The Labute approximate surface area is 236 Å². The zero-order valence-electron chi connectivity index (χ0n) is 22.4. The molecule has 2 aliphatic rings.